The second-order valence-electron chi connectivity index (χ2n) is 6.71. The maximum Gasteiger partial charge on any atom is 0.217 e. The van der Waals surface area contributed by atoms with E-state index in [2.05, 4.69) is 18.2 Å². The minimum atomic E-state index is -1.70. The summed E-state index contributed by atoms with van der Waals surface area (Å²) in [4.78, 5) is 0. The van der Waals surface area contributed by atoms with Crippen LogP contribution < -0.4 is 0 Å². The highest BCUT2D eigenvalue weighted by atomic mass is 16.7. The summed E-state index contributed by atoms with van der Waals surface area (Å²) in [6.07, 6.45) is 4.83. The molecule has 2 saturated heterocycles. The third-order valence-corrected chi connectivity index (χ3v) is 5.80. The molecule has 2 aliphatic heterocycles. The van der Waals surface area contributed by atoms with Gasteiger partial charge in [-0.2, -0.15) is 15.8 Å². The Morgan fingerprint density at radius 2 is 1.83 bits per heavy atom. The topological polar surface area (TPSA) is 114 Å². The third-order valence-electron chi connectivity index (χ3n) is 5.80. The standard InChI is InChI=1S/C17H20N4O2/c1-2-13-15(9-18,10-19)16(11-20)12-7-5-3-4-6-8-17(12,22-13)23-14(16)21/h12-13,21H,2-8H2,1H3. The molecule has 0 amide bonds. The Morgan fingerprint density at radius 1 is 1.13 bits per heavy atom. The van der Waals surface area contributed by atoms with Crippen molar-refractivity contribution >= 4 is 5.90 Å². The molecule has 4 atom stereocenters. The van der Waals surface area contributed by atoms with Gasteiger partial charge < -0.3 is 9.47 Å². The van der Waals surface area contributed by atoms with Gasteiger partial charge in [0, 0.05) is 6.42 Å². The van der Waals surface area contributed by atoms with Crippen LogP contribution in [-0.2, 0) is 9.47 Å². The molecule has 0 aromatic heterocycles. The minimum absolute atomic E-state index is 0.258. The summed E-state index contributed by atoms with van der Waals surface area (Å²) in [5.74, 6) is -1.72. The summed E-state index contributed by atoms with van der Waals surface area (Å²) >= 11 is 0. The Morgan fingerprint density at radius 3 is 2.43 bits per heavy atom. The third kappa shape index (κ3) is 1.66. The van der Waals surface area contributed by atoms with Crippen LogP contribution in [0, 0.1) is 56.2 Å². The highest BCUT2D eigenvalue weighted by Gasteiger charge is 2.79. The van der Waals surface area contributed by atoms with E-state index in [1.54, 1.807) is 0 Å². The predicted octanol–water partition coefficient (Wildman–Crippen LogP) is 3.01. The summed E-state index contributed by atoms with van der Waals surface area (Å²) in [7, 11) is 0. The molecule has 0 spiro atoms. The molecule has 3 rings (SSSR count). The summed E-state index contributed by atoms with van der Waals surface area (Å²) < 4.78 is 12.0. The van der Waals surface area contributed by atoms with E-state index in [0.29, 0.717) is 19.3 Å². The Bertz CT molecular complexity index is 641. The molecule has 1 saturated carbocycles. The fourth-order valence-corrected chi connectivity index (χ4v) is 4.70. The van der Waals surface area contributed by atoms with Crippen LogP contribution in [0.2, 0.25) is 0 Å². The van der Waals surface area contributed by atoms with Gasteiger partial charge in [-0.05, 0) is 19.3 Å². The highest BCUT2D eigenvalue weighted by molar-refractivity contribution is 5.89. The molecule has 6 heteroatoms. The van der Waals surface area contributed by atoms with Crippen molar-refractivity contribution in [1.82, 2.24) is 0 Å². The molecule has 0 aromatic carbocycles. The molecule has 3 fully saturated rings. The molecule has 2 bridgehead atoms. The molecule has 120 valence electrons. The largest absolute Gasteiger partial charge is 0.447 e. The van der Waals surface area contributed by atoms with Crippen molar-refractivity contribution in [2.75, 3.05) is 0 Å². The van der Waals surface area contributed by atoms with E-state index in [1.807, 2.05) is 6.92 Å². The van der Waals surface area contributed by atoms with Crippen molar-refractivity contribution in [3.05, 3.63) is 0 Å². The van der Waals surface area contributed by atoms with E-state index in [4.69, 9.17) is 14.9 Å². The maximum absolute atomic E-state index is 10.0. The average molecular weight is 312 g/mol. The molecule has 0 radical (unpaired) electrons. The van der Waals surface area contributed by atoms with Crippen molar-refractivity contribution in [2.24, 2.45) is 16.7 Å². The van der Waals surface area contributed by atoms with E-state index in [1.165, 1.54) is 0 Å². The van der Waals surface area contributed by atoms with Gasteiger partial charge in [-0.25, -0.2) is 0 Å². The van der Waals surface area contributed by atoms with E-state index >= 15 is 0 Å². The predicted molar refractivity (Wildman–Crippen MR) is 79.6 cm³/mol. The van der Waals surface area contributed by atoms with Gasteiger partial charge in [-0.15, -0.1) is 0 Å². The molecule has 6 nitrogen and oxygen atoms in total. The molecular weight excluding hydrogens is 292 g/mol. The van der Waals surface area contributed by atoms with Crippen molar-refractivity contribution in [3.63, 3.8) is 0 Å². The summed E-state index contributed by atoms with van der Waals surface area (Å²) in [5.41, 5.74) is -3.23. The van der Waals surface area contributed by atoms with Crippen LogP contribution in [0.5, 0.6) is 0 Å². The van der Waals surface area contributed by atoms with E-state index < -0.39 is 28.6 Å². The molecule has 3 aliphatic rings. The number of ether oxygens (including phenoxy) is 2. The molecule has 2 heterocycles. The second kappa shape index (κ2) is 5.22. The molecule has 23 heavy (non-hydrogen) atoms. The Balaban J connectivity index is 2.25. The molecule has 4 unspecified atom stereocenters. The molecule has 1 N–H and O–H groups in total. The number of hydrogen-bond acceptors (Lipinski definition) is 6. The van der Waals surface area contributed by atoms with Gasteiger partial charge >= 0.3 is 0 Å². The van der Waals surface area contributed by atoms with Crippen LogP contribution in [-0.4, -0.2) is 17.8 Å². The van der Waals surface area contributed by atoms with Gasteiger partial charge in [-0.3, -0.25) is 5.41 Å². The zero-order valence-corrected chi connectivity index (χ0v) is 13.3. The zero-order chi connectivity index (χ0) is 16.7. The van der Waals surface area contributed by atoms with Crippen LogP contribution >= 0.6 is 0 Å². The summed E-state index contributed by atoms with van der Waals surface area (Å²) in [5, 5.41) is 38.0. The fraction of sp³-hybridized carbons (Fsp3) is 0.765. The minimum Gasteiger partial charge on any atom is -0.447 e. The van der Waals surface area contributed by atoms with Gasteiger partial charge in [0.1, 0.15) is 0 Å². The van der Waals surface area contributed by atoms with Gasteiger partial charge in [0.2, 0.25) is 11.7 Å². The van der Waals surface area contributed by atoms with Crippen molar-refractivity contribution < 1.29 is 9.47 Å². The Hall–Kier alpha value is -2.10. The first-order valence-corrected chi connectivity index (χ1v) is 8.26. The summed E-state index contributed by atoms with van der Waals surface area (Å²) in [6.45, 7) is 1.84. The lowest BCUT2D eigenvalue weighted by atomic mass is 9.52. The Labute approximate surface area is 136 Å². The lowest BCUT2D eigenvalue weighted by Gasteiger charge is -2.50. The number of nitriles is 3. The van der Waals surface area contributed by atoms with Crippen LogP contribution in [0.15, 0.2) is 0 Å². The first-order valence-electron chi connectivity index (χ1n) is 8.26. The highest BCUT2D eigenvalue weighted by Crippen LogP contribution is 2.65. The quantitative estimate of drug-likeness (QED) is 0.799. The van der Waals surface area contributed by atoms with E-state index in [0.717, 1.165) is 25.7 Å². The lowest BCUT2D eigenvalue weighted by molar-refractivity contribution is -0.286. The smallest absolute Gasteiger partial charge is 0.217 e. The molecule has 0 aromatic rings. The lowest BCUT2D eigenvalue weighted by Crippen LogP contribution is -2.62. The van der Waals surface area contributed by atoms with Crippen LogP contribution in [0.25, 0.3) is 0 Å². The summed E-state index contributed by atoms with van der Waals surface area (Å²) in [6, 6.07) is 6.29. The molecular formula is C17H20N4O2. The van der Waals surface area contributed by atoms with Crippen LogP contribution in [0.4, 0.5) is 0 Å². The number of rotatable bonds is 1. The SMILES string of the molecule is CCC1OC23CCCCCCC2C(C#N)(C(=N)O3)C1(C#N)C#N. The average Bonchev–Trinajstić information content (AvgIpc) is 2.72. The zero-order valence-electron chi connectivity index (χ0n) is 13.3. The maximum atomic E-state index is 10.0. The monoisotopic (exact) mass is 312 g/mol. The Kier molecular flexibility index (Phi) is 3.58. The van der Waals surface area contributed by atoms with Gasteiger partial charge in [0.05, 0.1) is 30.2 Å². The van der Waals surface area contributed by atoms with Crippen molar-refractivity contribution in [2.45, 2.75) is 63.8 Å². The fourth-order valence-electron chi connectivity index (χ4n) is 4.70. The van der Waals surface area contributed by atoms with Gasteiger partial charge in [-0.1, -0.05) is 26.2 Å². The molecule has 1 aliphatic carbocycles. The first-order chi connectivity index (χ1) is 11.1. The van der Waals surface area contributed by atoms with E-state index in [9.17, 15) is 15.8 Å². The van der Waals surface area contributed by atoms with E-state index in [-0.39, 0.29) is 5.90 Å². The first kappa shape index (κ1) is 15.8. The number of nitrogens with one attached hydrogen (secondary N) is 1. The van der Waals surface area contributed by atoms with Gasteiger partial charge in [0.15, 0.2) is 10.8 Å². The van der Waals surface area contributed by atoms with Crippen molar-refractivity contribution in [1.29, 1.82) is 21.2 Å². The normalized spacial score (nSPS) is 41.2. The number of nitrogens with zero attached hydrogens (tertiary/aromatic N) is 3. The second-order valence-corrected chi connectivity index (χ2v) is 6.71. The van der Waals surface area contributed by atoms with Crippen molar-refractivity contribution in [3.8, 4) is 18.2 Å². The number of hydrogen-bond donors (Lipinski definition) is 1. The van der Waals surface area contributed by atoms with Gasteiger partial charge in [0.25, 0.3) is 0 Å². The van der Waals surface area contributed by atoms with Crippen LogP contribution in [0.3, 0.4) is 0 Å². The van der Waals surface area contributed by atoms with Crippen LogP contribution in [0.1, 0.15) is 51.9 Å².